The van der Waals surface area contributed by atoms with Crippen LogP contribution in [-0.4, -0.2) is 12.3 Å². The first-order chi connectivity index (χ1) is 7.31. The highest BCUT2D eigenvalue weighted by Gasteiger charge is 2.06. The minimum Gasteiger partial charge on any atom is -0.381 e. The number of hydrogen-bond acceptors (Lipinski definition) is 2. The summed E-state index contributed by atoms with van der Waals surface area (Å²) in [5.41, 5.74) is 1.28. The molecule has 0 amide bonds. The first-order valence-electron chi connectivity index (χ1n) is 5.71. The molecule has 15 heavy (non-hydrogen) atoms. The number of para-hydroxylation sites is 1. The van der Waals surface area contributed by atoms with Gasteiger partial charge in [-0.3, -0.25) is 0 Å². The molecule has 1 N–H and O–H groups in total. The van der Waals surface area contributed by atoms with E-state index in [9.17, 15) is 0 Å². The van der Waals surface area contributed by atoms with E-state index in [1.54, 1.807) is 11.8 Å². The second-order valence-electron chi connectivity index (χ2n) is 3.74. The van der Waals surface area contributed by atoms with E-state index in [0.717, 1.165) is 0 Å². The van der Waals surface area contributed by atoms with Crippen LogP contribution in [0.4, 0.5) is 5.69 Å². The summed E-state index contributed by atoms with van der Waals surface area (Å²) < 4.78 is 0. The van der Waals surface area contributed by atoms with Crippen molar-refractivity contribution < 1.29 is 0 Å². The topological polar surface area (TPSA) is 12.0 Å². The monoisotopic (exact) mass is 223 g/mol. The Bertz CT molecular complexity index is 286. The van der Waals surface area contributed by atoms with Crippen LogP contribution in [0.2, 0.25) is 0 Å². The Morgan fingerprint density at radius 3 is 2.60 bits per heavy atom. The lowest BCUT2D eigenvalue weighted by Gasteiger charge is -2.19. The molecule has 0 saturated heterocycles. The van der Waals surface area contributed by atoms with Crippen molar-refractivity contribution >= 4 is 17.4 Å². The fourth-order valence-electron chi connectivity index (χ4n) is 1.71. The molecule has 0 bridgehead atoms. The molecule has 0 saturated carbocycles. The molecule has 0 aliphatic rings. The third-order valence-electron chi connectivity index (χ3n) is 2.60. The van der Waals surface area contributed by atoms with Crippen LogP contribution in [0.3, 0.4) is 0 Å². The Hall–Kier alpha value is -0.630. The van der Waals surface area contributed by atoms with E-state index < -0.39 is 0 Å². The number of benzene rings is 1. The van der Waals surface area contributed by atoms with Gasteiger partial charge in [0.05, 0.1) is 0 Å². The highest BCUT2D eigenvalue weighted by molar-refractivity contribution is 7.98. The quantitative estimate of drug-likeness (QED) is 0.717. The summed E-state index contributed by atoms with van der Waals surface area (Å²) in [5.74, 6) is 0. The average Bonchev–Trinajstić information content (AvgIpc) is 2.29. The molecule has 1 aromatic carbocycles. The van der Waals surface area contributed by atoms with Gasteiger partial charge in [0, 0.05) is 16.6 Å². The molecule has 0 aliphatic heterocycles. The Morgan fingerprint density at radius 1 is 1.27 bits per heavy atom. The normalized spacial score (nSPS) is 12.5. The zero-order valence-corrected chi connectivity index (χ0v) is 10.7. The maximum Gasteiger partial charge on any atom is 0.0480 e. The molecule has 1 rings (SSSR count). The van der Waals surface area contributed by atoms with Crippen LogP contribution >= 0.6 is 11.8 Å². The van der Waals surface area contributed by atoms with E-state index in [-0.39, 0.29) is 0 Å². The van der Waals surface area contributed by atoms with Crippen LogP contribution in [0.5, 0.6) is 0 Å². The summed E-state index contributed by atoms with van der Waals surface area (Å²) in [5, 5.41) is 3.63. The van der Waals surface area contributed by atoms with Crippen LogP contribution < -0.4 is 5.32 Å². The highest BCUT2D eigenvalue weighted by atomic mass is 32.2. The van der Waals surface area contributed by atoms with Gasteiger partial charge >= 0.3 is 0 Å². The number of anilines is 1. The molecule has 1 nitrogen and oxygen atoms in total. The molecule has 0 aromatic heterocycles. The first kappa shape index (κ1) is 12.4. The van der Waals surface area contributed by atoms with Crippen molar-refractivity contribution in [1.82, 2.24) is 0 Å². The maximum atomic E-state index is 3.63. The van der Waals surface area contributed by atoms with Gasteiger partial charge in [0.25, 0.3) is 0 Å². The van der Waals surface area contributed by atoms with Gasteiger partial charge in [0.2, 0.25) is 0 Å². The predicted octanol–water partition coefficient (Wildman–Crippen LogP) is 4.40. The largest absolute Gasteiger partial charge is 0.381 e. The highest BCUT2D eigenvalue weighted by Crippen LogP contribution is 2.26. The minimum atomic E-state index is 0.614. The summed E-state index contributed by atoms with van der Waals surface area (Å²) in [6.07, 6.45) is 5.81. The fraction of sp³-hybridized carbons (Fsp3) is 0.538. The Labute approximate surface area is 97.7 Å². The number of nitrogens with one attached hydrogen (secondary N) is 1. The van der Waals surface area contributed by atoms with E-state index in [2.05, 4.69) is 49.7 Å². The predicted molar refractivity (Wildman–Crippen MR) is 70.8 cm³/mol. The summed E-state index contributed by atoms with van der Waals surface area (Å²) in [4.78, 5) is 1.34. The van der Waals surface area contributed by atoms with E-state index in [1.807, 2.05) is 0 Å². The summed E-state index contributed by atoms with van der Waals surface area (Å²) in [6, 6.07) is 9.15. The molecule has 1 unspecified atom stereocenters. The van der Waals surface area contributed by atoms with Gasteiger partial charge in [0.15, 0.2) is 0 Å². The molecule has 0 radical (unpaired) electrons. The van der Waals surface area contributed by atoms with E-state index in [4.69, 9.17) is 0 Å². The lowest BCUT2D eigenvalue weighted by atomic mass is 10.1. The van der Waals surface area contributed by atoms with Crippen LogP contribution in [0.25, 0.3) is 0 Å². The van der Waals surface area contributed by atoms with Gasteiger partial charge in [-0.15, -0.1) is 11.8 Å². The molecule has 2 heteroatoms. The summed E-state index contributed by atoms with van der Waals surface area (Å²) in [7, 11) is 0. The van der Waals surface area contributed by atoms with Crippen LogP contribution in [-0.2, 0) is 0 Å². The van der Waals surface area contributed by atoms with Gasteiger partial charge < -0.3 is 5.32 Å². The van der Waals surface area contributed by atoms with Gasteiger partial charge in [-0.05, 0) is 31.2 Å². The lowest BCUT2D eigenvalue weighted by molar-refractivity contribution is 0.621. The maximum absolute atomic E-state index is 3.63. The van der Waals surface area contributed by atoms with Crippen molar-refractivity contribution in [3.8, 4) is 0 Å². The Balaban J connectivity index is 2.69. The van der Waals surface area contributed by atoms with Crippen LogP contribution in [0.1, 0.15) is 33.1 Å². The fourth-order valence-corrected chi connectivity index (χ4v) is 2.27. The molecule has 0 aliphatic carbocycles. The zero-order chi connectivity index (χ0) is 11.1. The van der Waals surface area contributed by atoms with Gasteiger partial charge in [-0.2, -0.15) is 0 Å². The van der Waals surface area contributed by atoms with E-state index >= 15 is 0 Å². The van der Waals surface area contributed by atoms with Crippen LogP contribution in [0, 0.1) is 0 Å². The van der Waals surface area contributed by atoms with Crippen molar-refractivity contribution in [1.29, 1.82) is 0 Å². The molecule has 1 aromatic rings. The Kier molecular flexibility index (Phi) is 5.62. The number of thioether (sulfide) groups is 1. The van der Waals surface area contributed by atoms with Gasteiger partial charge in [0.1, 0.15) is 0 Å². The molecule has 84 valence electrons. The van der Waals surface area contributed by atoms with E-state index in [0.29, 0.717) is 6.04 Å². The second-order valence-corrected chi connectivity index (χ2v) is 4.59. The second kappa shape index (κ2) is 6.78. The van der Waals surface area contributed by atoms with Crippen molar-refractivity contribution in [2.24, 2.45) is 0 Å². The van der Waals surface area contributed by atoms with Gasteiger partial charge in [-0.25, -0.2) is 0 Å². The van der Waals surface area contributed by atoms with E-state index in [1.165, 1.54) is 29.8 Å². The van der Waals surface area contributed by atoms with Crippen molar-refractivity contribution in [2.45, 2.75) is 44.0 Å². The van der Waals surface area contributed by atoms with Gasteiger partial charge in [-0.1, -0.05) is 32.4 Å². The average molecular weight is 223 g/mol. The lowest BCUT2D eigenvalue weighted by Crippen LogP contribution is -2.18. The molecule has 0 fully saturated rings. The van der Waals surface area contributed by atoms with Crippen LogP contribution in [0.15, 0.2) is 29.2 Å². The minimum absolute atomic E-state index is 0.614. The number of hydrogen-bond donors (Lipinski definition) is 1. The zero-order valence-electron chi connectivity index (χ0n) is 9.92. The first-order valence-corrected chi connectivity index (χ1v) is 6.93. The smallest absolute Gasteiger partial charge is 0.0480 e. The molecule has 1 atom stereocenters. The molecule has 0 spiro atoms. The van der Waals surface area contributed by atoms with Crippen molar-refractivity contribution in [2.75, 3.05) is 11.6 Å². The van der Waals surface area contributed by atoms with Crippen molar-refractivity contribution in [3.63, 3.8) is 0 Å². The Morgan fingerprint density at radius 2 is 2.00 bits per heavy atom. The molecular formula is C13H21NS. The third-order valence-corrected chi connectivity index (χ3v) is 3.39. The third kappa shape index (κ3) is 3.78. The molecular weight excluding hydrogens is 202 g/mol. The van der Waals surface area contributed by atoms with Crippen molar-refractivity contribution in [3.05, 3.63) is 24.3 Å². The molecule has 0 heterocycles. The number of rotatable bonds is 6. The summed E-state index contributed by atoms with van der Waals surface area (Å²) >= 11 is 1.80. The summed E-state index contributed by atoms with van der Waals surface area (Å²) in [6.45, 7) is 4.49. The standard InChI is InChI=1S/C13H21NS/c1-4-8-11(5-2)14-12-9-6-7-10-13(12)15-3/h6-7,9-11,14H,4-5,8H2,1-3H3. The SMILES string of the molecule is CCCC(CC)Nc1ccccc1SC.